The van der Waals surface area contributed by atoms with Crippen molar-refractivity contribution >= 4 is 114 Å². The third-order valence-electron chi connectivity index (χ3n) is 21.1. The first-order valence-electron chi connectivity index (χ1n) is 43.0. The number of methoxy groups -OCH3 is 8. The van der Waals surface area contributed by atoms with Gasteiger partial charge in [-0.25, -0.2) is 50.5 Å². The van der Waals surface area contributed by atoms with Crippen LogP contribution in [0.25, 0.3) is 67.4 Å². The van der Waals surface area contributed by atoms with Crippen LogP contribution in [0.2, 0.25) is 10.0 Å². The van der Waals surface area contributed by atoms with Crippen LogP contribution in [0.5, 0.6) is 46.0 Å². The number of halogens is 4. The normalized spacial score (nSPS) is 11.4. The van der Waals surface area contributed by atoms with Crippen LogP contribution in [0.15, 0.2) is 396 Å². The largest absolute Gasteiger partial charge is 0.497 e. The van der Waals surface area contributed by atoms with Gasteiger partial charge in [-0.15, -0.1) is 0 Å². The van der Waals surface area contributed by atoms with Crippen molar-refractivity contribution < 1.29 is 115 Å². The van der Waals surface area contributed by atoms with E-state index in [4.69, 9.17) is 87.6 Å². The predicted octanol–water partition coefficient (Wildman–Crippen LogP) is 22.8. The highest BCUT2D eigenvalue weighted by Gasteiger charge is 2.29. The highest BCUT2D eigenvalue weighted by molar-refractivity contribution is 9.10. The first-order chi connectivity index (χ1) is 70.0. The topological polar surface area (TPSA) is 435 Å². The zero-order valence-electron chi connectivity index (χ0n) is 78.7. The van der Waals surface area contributed by atoms with Crippen molar-refractivity contribution in [3.05, 3.63) is 383 Å². The number of rotatable bonds is 32. The van der Waals surface area contributed by atoms with Crippen molar-refractivity contribution in [3.8, 4) is 113 Å². The maximum absolute atomic E-state index is 12.9. The van der Waals surface area contributed by atoms with Crippen LogP contribution in [0, 0.1) is 0 Å². The summed E-state index contributed by atoms with van der Waals surface area (Å²) in [6.45, 7) is 0. The van der Waals surface area contributed by atoms with E-state index in [-0.39, 0.29) is 86.9 Å². The first kappa shape index (κ1) is 109. The van der Waals surface area contributed by atoms with Crippen LogP contribution in [-0.4, -0.2) is 137 Å². The Morgan fingerprint density at radius 1 is 0.240 bits per heavy atom. The van der Waals surface area contributed by atoms with Crippen LogP contribution in [0.3, 0.4) is 0 Å². The number of nitrogens with zero attached hydrogens (tertiary/aromatic N) is 6. The summed E-state index contributed by atoms with van der Waals surface area (Å²) in [7, 11) is -10.2. The van der Waals surface area contributed by atoms with Crippen molar-refractivity contribution in [1.29, 1.82) is 0 Å². The molecule has 0 N–H and O–H groups in total. The Bertz CT molecular complexity index is 7430. The summed E-state index contributed by atoms with van der Waals surface area (Å²) in [5, 5.41) is 0.663. The number of hydrogen-bond donors (Lipinski definition) is 0. The van der Waals surface area contributed by atoms with Crippen molar-refractivity contribution in [1.82, 2.24) is 29.9 Å². The Hall–Kier alpha value is -14.5. The van der Waals surface area contributed by atoms with Crippen LogP contribution in [-0.2, 0) is 93.5 Å². The molecular weight excluding hydrogens is 2170 g/mol. The molecule has 0 aliphatic carbocycles. The average Bonchev–Trinajstić information content (AvgIpc) is 0.893. The number of aromatic nitrogens is 6. The van der Waals surface area contributed by atoms with E-state index in [1.54, 1.807) is 257 Å². The molecule has 32 nitrogen and oxygen atoms in total. The van der Waals surface area contributed by atoms with E-state index in [0.29, 0.717) is 98.2 Å². The van der Waals surface area contributed by atoms with E-state index >= 15 is 0 Å². The van der Waals surface area contributed by atoms with E-state index in [1.807, 2.05) is 0 Å². The standard InChI is InChI=1S/2C18H17NO5S.2C17H14BrNO4S.2C17H14ClNO4S/c1-22-16-3-4-17(23-2)18(8-16)25(20,21)12-13-7-15(10-19-9-13)14-5-6-24-11-14;1-22-15-5-6-17(23-2)18(9-15)25(20,21)12-13-8-14(11-19-10-13)16-4-3-7-24-16;1-22-16-3-2-15(18)7-17(16)24(20,21)11-12-6-14(9-19-8-12)13-4-5-23-10-13;1-22-16-5-4-14(18)8-17(16)24(20,21)11-12-7-13(10-19-9-12)15-3-2-6-23-15;1-22-16-3-2-15(18)7-17(16)24(20,21)11-12-6-14(9-19-8-12)13-4-5-23-10-13;1-22-16-5-4-14(18)8-17(16)24(20,21)11-12-7-13(10-19-9-12)15-3-2-6-23-15/h2*3-11H,12H2,1-2H3;4*2-10H,11H2,1H3. The summed E-state index contributed by atoms with van der Waals surface area (Å²) in [5.74, 6) is 3.32. The summed E-state index contributed by atoms with van der Waals surface area (Å²) in [4.78, 5) is 25.3. The predicted molar refractivity (Wildman–Crippen MR) is 553 cm³/mol. The van der Waals surface area contributed by atoms with Crippen LogP contribution < -0.4 is 37.9 Å². The number of furan rings is 6. The molecule has 6 aromatic carbocycles. The van der Waals surface area contributed by atoms with Gasteiger partial charge in [-0.2, -0.15) is 0 Å². The molecule has 18 rings (SSSR count). The first-order valence-corrected chi connectivity index (χ1v) is 55.3. The Labute approximate surface area is 869 Å². The molecule has 0 amide bonds. The molecule has 0 aliphatic rings. The fourth-order valence-corrected chi connectivity index (χ4v) is 24.9. The molecule has 12 heterocycles. The number of ether oxygens (including phenoxy) is 8. The highest BCUT2D eigenvalue weighted by Crippen LogP contribution is 2.40. The van der Waals surface area contributed by atoms with Gasteiger partial charge >= 0.3 is 0 Å². The molecule has 0 saturated carbocycles. The lowest BCUT2D eigenvalue weighted by atomic mass is 10.1. The van der Waals surface area contributed by atoms with Gasteiger partial charge < -0.3 is 64.4 Å². The Morgan fingerprint density at radius 3 is 0.692 bits per heavy atom. The van der Waals surface area contributed by atoms with Crippen LogP contribution in [0.4, 0.5) is 0 Å². The van der Waals surface area contributed by atoms with Gasteiger partial charge in [-0.05, 0) is 221 Å². The molecule has 0 unspecified atom stereocenters. The van der Waals surface area contributed by atoms with Crippen molar-refractivity contribution in [3.63, 3.8) is 0 Å². The lowest BCUT2D eigenvalue weighted by molar-refractivity contribution is 0.392. The maximum atomic E-state index is 12.9. The quantitative estimate of drug-likeness (QED) is 0.0378. The summed E-state index contributed by atoms with van der Waals surface area (Å²) >= 11 is 18.5. The smallest absolute Gasteiger partial charge is 0.186 e. The molecule has 0 fully saturated rings. The summed E-state index contributed by atoms with van der Waals surface area (Å²) in [5.41, 5.74) is 10.5. The van der Waals surface area contributed by atoms with Gasteiger partial charge in [0.25, 0.3) is 0 Å². The Morgan fingerprint density at radius 2 is 0.466 bits per heavy atom. The molecule has 0 saturated heterocycles. The Kier molecular flexibility index (Phi) is 37.2. The second kappa shape index (κ2) is 49.9. The van der Waals surface area contributed by atoms with E-state index in [0.717, 1.165) is 44.5 Å². The lowest BCUT2D eigenvalue weighted by Gasteiger charge is -2.11. The van der Waals surface area contributed by atoms with Crippen molar-refractivity contribution in [2.75, 3.05) is 56.9 Å². The molecule has 146 heavy (non-hydrogen) atoms. The highest BCUT2D eigenvalue weighted by atomic mass is 79.9. The number of benzene rings is 6. The lowest BCUT2D eigenvalue weighted by Crippen LogP contribution is -2.07. The van der Waals surface area contributed by atoms with E-state index in [1.165, 1.54) is 130 Å². The monoisotopic (exact) mass is 2260 g/mol. The molecular formula is C104H90Br2Cl2N6O26S6. The Balaban J connectivity index is 0.000000147. The van der Waals surface area contributed by atoms with E-state index < -0.39 is 59.0 Å². The molecule has 0 aliphatic heterocycles. The second-order valence-corrected chi connectivity index (χ2v) is 45.7. The molecule has 0 radical (unpaired) electrons. The van der Waals surface area contributed by atoms with Gasteiger partial charge in [0, 0.05) is 156 Å². The summed E-state index contributed by atoms with van der Waals surface area (Å²) in [6, 6.07) is 54.8. The molecule has 0 spiro atoms. The minimum absolute atomic E-state index is 0.0564. The molecule has 0 atom stereocenters. The van der Waals surface area contributed by atoms with Crippen LogP contribution in [0.1, 0.15) is 33.4 Å². The summed E-state index contributed by atoms with van der Waals surface area (Å²) < 4.78 is 227. The maximum Gasteiger partial charge on any atom is 0.186 e. The van der Waals surface area contributed by atoms with Crippen molar-refractivity contribution in [2.45, 2.75) is 63.9 Å². The molecule has 42 heteroatoms. The minimum atomic E-state index is -3.65. The number of pyridine rings is 6. The molecule has 12 aromatic heterocycles. The third kappa shape index (κ3) is 29.0. The molecule has 0 bridgehead atoms. The fraction of sp³-hybridized carbons (Fsp3) is 0.135. The van der Waals surface area contributed by atoms with Gasteiger partial charge in [0.2, 0.25) is 0 Å². The van der Waals surface area contributed by atoms with E-state index in [9.17, 15) is 50.5 Å². The second-order valence-electron chi connectivity index (χ2n) is 31.2. The molecule has 756 valence electrons. The third-order valence-corrected chi connectivity index (χ3v) is 32.8. The van der Waals surface area contributed by atoms with E-state index in [2.05, 4.69) is 61.8 Å². The zero-order valence-corrected chi connectivity index (χ0v) is 88.3. The molecule has 18 aromatic rings. The number of hydrogen-bond acceptors (Lipinski definition) is 32. The van der Waals surface area contributed by atoms with Crippen LogP contribution >= 0.6 is 55.1 Å². The number of sulfone groups is 6. The summed E-state index contributed by atoms with van der Waals surface area (Å²) in [6.07, 6.45) is 33.1. The van der Waals surface area contributed by atoms with Crippen molar-refractivity contribution in [2.24, 2.45) is 0 Å². The van der Waals surface area contributed by atoms with Gasteiger partial charge in [-0.1, -0.05) is 55.1 Å². The SMILES string of the molecule is COc1ccc(Br)cc1S(=O)(=O)Cc1cncc(-c2ccco2)c1.COc1ccc(Br)cc1S(=O)(=O)Cc1cncc(-c2ccoc2)c1.COc1ccc(Cl)cc1S(=O)(=O)Cc1cncc(-c2ccco2)c1.COc1ccc(Cl)cc1S(=O)(=O)Cc1cncc(-c2ccoc2)c1.COc1ccc(OC)c(S(=O)(=O)Cc2cncc(-c3ccco3)c2)c1.COc1ccc(OC)c(S(=O)(=O)Cc2cncc(-c3ccoc3)c2)c1. The van der Waals surface area contributed by atoms with Gasteiger partial charge in [0.1, 0.15) is 92.6 Å². The fourth-order valence-electron chi connectivity index (χ4n) is 14.3. The van der Waals surface area contributed by atoms with Gasteiger partial charge in [0.05, 0.1) is 148 Å². The zero-order chi connectivity index (χ0) is 104. The van der Waals surface area contributed by atoms with Gasteiger partial charge in [0.15, 0.2) is 59.0 Å². The van der Waals surface area contributed by atoms with Gasteiger partial charge in [-0.3, -0.25) is 29.9 Å². The average molecular weight is 2260 g/mol. The minimum Gasteiger partial charge on any atom is -0.497 e.